The Morgan fingerprint density at radius 2 is 2.30 bits per heavy atom. The first kappa shape index (κ1) is 17.7. The zero-order valence-electron chi connectivity index (χ0n) is 12.9. The molecular weight excluding hydrogens is 325 g/mol. The van der Waals surface area contributed by atoms with E-state index in [1.807, 2.05) is 4.81 Å². The van der Waals surface area contributed by atoms with Crippen LogP contribution in [-0.2, 0) is 0 Å². The molecule has 0 aliphatic carbocycles. The Kier molecular flexibility index (Phi) is 5.62. The molecule has 1 heterocycles. The lowest BCUT2D eigenvalue weighted by atomic mass is 9.82. The summed E-state index contributed by atoms with van der Waals surface area (Å²) >= 11 is 5.97. The lowest BCUT2D eigenvalue weighted by Gasteiger charge is -2.29. The van der Waals surface area contributed by atoms with Gasteiger partial charge in [-0.25, -0.2) is 0 Å². The predicted molar refractivity (Wildman–Crippen MR) is 87.2 cm³/mol. The van der Waals surface area contributed by atoms with Gasteiger partial charge in [-0.05, 0) is 32.3 Å². The fraction of sp³-hybridized carbons (Fsp3) is 0.429. The van der Waals surface area contributed by atoms with Crippen molar-refractivity contribution in [2.75, 3.05) is 20.2 Å². The Balaban J connectivity index is 2.44. The van der Waals surface area contributed by atoms with Crippen LogP contribution in [0.3, 0.4) is 0 Å². The summed E-state index contributed by atoms with van der Waals surface area (Å²) in [5.74, 6) is -1.26. The fourth-order valence-electron chi connectivity index (χ4n) is 2.66. The molecule has 1 saturated heterocycles. The van der Waals surface area contributed by atoms with Gasteiger partial charge in [0.25, 0.3) is 0 Å². The molecular formula is C14H17BClFN2O4. The molecule has 1 aliphatic heterocycles. The molecule has 9 heteroatoms. The number of hydrogen-bond acceptors (Lipinski definition) is 5. The second kappa shape index (κ2) is 7.29. The minimum absolute atomic E-state index is 0.0179. The van der Waals surface area contributed by atoms with Crippen LogP contribution < -0.4 is 4.74 Å². The average molecular weight is 343 g/mol. The van der Waals surface area contributed by atoms with E-state index in [-0.39, 0.29) is 16.3 Å². The number of rotatable bonds is 4. The van der Waals surface area contributed by atoms with Crippen LogP contribution in [-0.4, -0.2) is 42.0 Å². The number of nitro benzene ring substituents is 1. The number of methoxy groups -OCH3 is 1. The number of halogens is 2. The Hall–Kier alpha value is -1.64. The molecule has 1 fully saturated rings. The maximum Gasteiger partial charge on any atom is 0.376 e. The van der Waals surface area contributed by atoms with E-state index < -0.39 is 23.5 Å². The molecule has 0 saturated carbocycles. The highest BCUT2D eigenvalue weighted by Crippen LogP contribution is 2.39. The number of piperidine rings is 1. The van der Waals surface area contributed by atoms with Gasteiger partial charge >= 0.3 is 12.7 Å². The molecule has 1 aromatic carbocycles. The fourth-order valence-corrected chi connectivity index (χ4v) is 2.95. The molecule has 1 N–H and O–H groups in total. The van der Waals surface area contributed by atoms with Gasteiger partial charge in [-0.3, -0.25) is 10.1 Å². The highest BCUT2D eigenvalue weighted by Gasteiger charge is 2.28. The van der Waals surface area contributed by atoms with Crippen molar-refractivity contribution in [3.05, 3.63) is 38.2 Å². The molecule has 0 bridgehead atoms. The highest BCUT2D eigenvalue weighted by molar-refractivity contribution is 6.45. The highest BCUT2D eigenvalue weighted by atomic mass is 35.5. The molecule has 1 aromatic rings. The maximum atomic E-state index is 14.5. The van der Waals surface area contributed by atoms with Crippen molar-refractivity contribution in [2.24, 2.45) is 0 Å². The average Bonchev–Trinajstić information content (AvgIpc) is 2.50. The lowest BCUT2D eigenvalue weighted by Crippen LogP contribution is -2.41. The predicted octanol–water partition coefficient (Wildman–Crippen LogP) is 2.99. The number of ether oxygens (including phenoxy) is 1. The van der Waals surface area contributed by atoms with Gasteiger partial charge in [0, 0.05) is 12.1 Å². The minimum Gasteiger partial charge on any atom is -0.489 e. The second-order valence-electron chi connectivity index (χ2n) is 5.41. The smallest absolute Gasteiger partial charge is 0.376 e. The Morgan fingerprint density at radius 3 is 2.87 bits per heavy atom. The number of hydrogen-bond donors (Lipinski definition) is 1. The van der Waals surface area contributed by atoms with Crippen LogP contribution in [0.5, 0.6) is 5.75 Å². The van der Waals surface area contributed by atoms with Crippen molar-refractivity contribution in [3.8, 4) is 5.75 Å². The molecule has 2 rings (SSSR count). The summed E-state index contributed by atoms with van der Waals surface area (Å²) in [5.41, 5.74) is 0.159. The van der Waals surface area contributed by atoms with Crippen molar-refractivity contribution >= 4 is 30.4 Å². The van der Waals surface area contributed by atoms with Crippen LogP contribution >= 0.6 is 11.6 Å². The summed E-state index contributed by atoms with van der Waals surface area (Å²) in [6.07, 6.45) is 3.12. The van der Waals surface area contributed by atoms with Crippen LogP contribution in [0.4, 0.5) is 10.1 Å². The number of nitrogens with zero attached hydrogens (tertiary/aromatic N) is 2. The van der Waals surface area contributed by atoms with Crippen molar-refractivity contribution in [3.63, 3.8) is 0 Å². The van der Waals surface area contributed by atoms with Crippen molar-refractivity contribution < 1.29 is 19.1 Å². The van der Waals surface area contributed by atoms with Crippen LogP contribution in [0, 0.1) is 15.9 Å². The molecule has 0 amide bonds. The molecule has 0 spiro atoms. The third-order valence-corrected chi connectivity index (χ3v) is 4.08. The lowest BCUT2D eigenvalue weighted by molar-refractivity contribution is -0.388. The Morgan fingerprint density at radius 1 is 1.61 bits per heavy atom. The zero-order chi connectivity index (χ0) is 17.1. The molecule has 0 aromatic heterocycles. The molecule has 0 atom stereocenters. The van der Waals surface area contributed by atoms with Crippen molar-refractivity contribution in [2.45, 2.75) is 19.7 Å². The quantitative estimate of drug-likeness (QED) is 0.517. The van der Waals surface area contributed by atoms with E-state index in [1.54, 1.807) is 12.9 Å². The summed E-state index contributed by atoms with van der Waals surface area (Å²) in [4.78, 5) is 12.1. The van der Waals surface area contributed by atoms with E-state index in [0.717, 1.165) is 25.0 Å². The van der Waals surface area contributed by atoms with E-state index in [0.29, 0.717) is 6.54 Å². The van der Waals surface area contributed by atoms with Crippen molar-refractivity contribution in [1.29, 1.82) is 0 Å². The summed E-state index contributed by atoms with van der Waals surface area (Å²) in [5, 5.41) is 20.7. The Bertz CT molecular complexity index is 654. The van der Waals surface area contributed by atoms with E-state index >= 15 is 0 Å². The monoisotopic (exact) mass is 342 g/mol. The summed E-state index contributed by atoms with van der Waals surface area (Å²) in [6, 6.07) is 1.32. The van der Waals surface area contributed by atoms with E-state index in [2.05, 4.69) is 0 Å². The first-order valence-corrected chi connectivity index (χ1v) is 7.55. The standard InChI is InChI=1S/C14H17BClFN2O4/c1-15(20)18-5-3-4-9(8-18)6-10-7-11(16)14(23-2)13(12(10)17)19(21)22/h6-7,20H,3-5,8H2,1-2H3. The number of nitro groups is 1. The normalized spacial score (nSPS) is 17.3. The van der Waals surface area contributed by atoms with Gasteiger partial charge in [-0.1, -0.05) is 23.3 Å². The SMILES string of the molecule is COc1c(Cl)cc(C=C2CCCN(B(C)O)C2)c(F)c1[N+](=O)[O-]. The summed E-state index contributed by atoms with van der Waals surface area (Å²) < 4.78 is 19.3. The first-order chi connectivity index (χ1) is 10.8. The van der Waals surface area contributed by atoms with Crippen LogP contribution in [0.1, 0.15) is 18.4 Å². The van der Waals surface area contributed by atoms with E-state index in [4.69, 9.17) is 16.3 Å². The molecule has 124 valence electrons. The van der Waals surface area contributed by atoms with Gasteiger partial charge in [0.15, 0.2) is 0 Å². The molecule has 0 radical (unpaired) electrons. The largest absolute Gasteiger partial charge is 0.489 e. The minimum atomic E-state index is -0.974. The summed E-state index contributed by atoms with van der Waals surface area (Å²) in [6.45, 7) is 2.90. The van der Waals surface area contributed by atoms with Gasteiger partial charge in [0.2, 0.25) is 11.6 Å². The molecule has 0 unspecified atom stereocenters. The molecule has 1 aliphatic rings. The van der Waals surface area contributed by atoms with E-state index in [9.17, 15) is 19.5 Å². The second-order valence-corrected chi connectivity index (χ2v) is 5.82. The van der Waals surface area contributed by atoms with Gasteiger partial charge in [0.1, 0.15) is 0 Å². The van der Waals surface area contributed by atoms with Gasteiger partial charge in [0.05, 0.1) is 17.1 Å². The van der Waals surface area contributed by atoms with Gasteiger partial charge in [-0.2, -0.15) is 4.39 Å². The van der Waals surface area contributed by atoms with Crippen molar-refractivity contribution in [1.82, 2.24) is 4.81 Å². The molecule has 6 nitrogen and oxygen atoms in total. The molecule has 23 heavy (non-hydrogen) atoms. The van der Waals surface area contributed by atoms with Gasteiger partial charge in [-0.15, -0.1) is 0 Å². The number of benzene rings is 1. The first-order valence-electron chi connectivity index (χ1n) is 7.17. The third-order valence-electron chi connectivity index (χ3n) is 3.80. The third kappa shape index (κ3) is 3.83. The van der Waals surface area contributed by atoms with Crippen LogP contribution in [0.25, 0.3) is 6.08 Å². The summed E-state index contributed by atoms with van der Waals surface area (Å²) in [7, 11) is 0.602. The van der Waals surface area contributed by atoms with Crippen LogP contribution in [0.2, 0.25) is 11.8 Å². The Labute approximate surface area is 138 Å². The van der Waals surface area contributed by atoms with E-state index in [1.165, 1.54) is 13.2 Å². The van der Waals surface area contributed by atoms with Crippen LogP contribution in [0.15, 0.2) is 11.6 Å². The van der Waals surface area contributed by atoms with Gasteiger partial charge < -0.3 is 14.6 Å². The topological polar surface area (TPSA) is 75.8 Å². The zero-order valence-corrected chi connectivity index (χ0v) is 13.6. The maximum absolute atomic E-state index is 14.5.